The quantitative estimate of drug-likeness (QED) is 0.663. The fraction of sp³-hybridized carbons (Fsp3) is 0.571. The van der Waals surface area contributed by atoms with Crippen molar-refractivity contribution in [3.05, 3.63) is 28.3 Å². The van der Waals surface area contributed by atoms with Crippen molar-refractivity contribution >= 4 is 11.4 Å². The van der Waals surface area contributed by atoms with E-state index in [0.717, 1.165) is 19.4 Å². The Bertz CT molecular complexity index is 470. The summed E-state index contributed by atoms with van der Waals surface area (Å²) >= 11 is 0. The molecule has 0 aliphatic carbocycles. The summed E-state index contributed by atoms with van der Waals surface area (Å²) in [6.45, 7) is 5.19. The van der Waals surface area contributed by atoms with Crippen LogP contribution >= 0.6 is 0 Å². The summed E-state index contributed by atoms with van der Waals surface area (Å²) in [6, 6.07) is 4.96. The third-order valence-electron chi connectivity index (χ3n) is 3.00. The topological polar surface area (TPSA) is 73.6 Å². The van der Waals surface area contributed by atoms with E-state index in [-0.39, 0.29) is 17.8 Å². The van der Waals surface area contributed by atoms with E-state index in [1.807, 2.05) is 13.8 Å². The van der Waals surface area contributed by atoms with Crippen molar-refractivity contribution in [2.24, 2.45) is 0 Å². The monoisotopic (exact) mass is 280 g/mol. The van der Waals surface area contributed by atoms with Crippen LogP contribution in [0.25, 0.3) is 0 Å². The van der Waals surface area contributed by atoms with E-state index >= 15 is 0 Å². The maximum absolute atomic E-state index is 11.0. The molecule has 20 heavy (non-hydrogen) atoms. The first-order chi connectivity index (χ1) is 9.54. The van der Waals surface area contributed by atoms with E-state index in [2.05, 4.69) is 5.32 Å². The van der Waals surface area contributed by atoms with Crippen molar-refractivity contribution in [2.45, 2.75) is 38.8 Å². The first-order valence-electron chi connectivity index (χ1n) is 6.85. The number of nitrogens with zero attached hydrogens (tertiary/aromatic N) is 1. The molecule has 0 amide bonds. The standard InChI is InChI=1S/C14H20N2O4/c1-10(2)20-14-7-12(6-13(8-14)16(17)18)15-11-4-3-5-19-9-11/h6-8,10-11,15H,3-5,9H2,1-2H3. The fourth-order valence-electron chi connectivity index (χ4n) is 2.20. The van der Waals surface area contributed by atoms with Crippen LogP contribution in [0.3, 0.4) is 0 Å². The number of anilines is 1. The van der Waals surface area contributed by atoms with Gasteiger partial charge in [-0.3, -0.25) is 10.1 Å². The predicted octanol–water partition coefficient (Wildman–Crippen LogP) is 2.97. The van der Waals surface area contributed by atoms with Crippen LogP contribution in [0.15, 0.2) is 18.2 Å². The second-order valence-corrected chi connectivity index (χ2v) is 5.20. The number of nitrogens with one attached hydrogen (secondary N) is 1. The van der Waals surface area contributed by atoms with Crippen molar-refractivity contribution in [2.75, 3.05) is 18.5 Å². The molecule has 1 heterocycles. The van der Waals surface area contributed by atoms with Crippen LogP contribution in [0.2, 0.25) is 0 Å². The Balaban J connectivity index is 2.17. The van der Waals surface area contributed by atoms with Crippen LogP contribution in [-0.4, -0.2) is 30.3 Å². The van der Waals surface area contributed by atoms with Crippen LogP contribution in [0.1, 0.15) is 26.7 Å². The van der Waals surface area contributed by atoms with Gasteiger partial charge in [0.2, 0.25) is 0 Å². The summed E-state index contributed by atoms with van der Waals surface area (Å²) in [5.41, 5.74) is 0.729. The van der Waals surface area contributed by atoms with Gasteiger partial charge < -0.3 is 14.8 Å². The van der Waals surface area contributed by atoms with E-state index in [4.69, 9.17) is 9.47 Å². The lowest BCUT2D eigenvalue weighted by molar-refractivity contribution is -0.384. The molecule has 110 valence electrons. The molecule has 6 nitrogen and oxygen atoms in total. The van der Waals surface area contributed by atoms with Gasteiger partial charge in [-0.2, -0.15) is 0 Å². The maximum Gasteiger partial charge on any atom is 0.275 e. The zero-order valence-electron chi connectivity index (χ0n) is 11.8. The van der Waals surface area contributed by atoms with E-state index in [9.17, 15) is 10.1 Å². The van der Waals surface area contributed by atoms with E-state index in [1.54, 1.807) is 6.07 Å². The van der Waals surface area contributed by atoms with Crippen molar-refractivity contribution in [3.8, 4) is 5.75 Å². The van der Waals surface area contributed by atoms with E-state index in [0.29, 0.717) is 18.0 Å². The summed E-state index contributed by atoms with van der Waals surface area (Å²) in [4.78, 5) is 10.6. The summed E-state index contributed by atoms with van der Waals surface area (Å²) < 4.78 is 11.0. The van der Waals surface area contributed by atoms with E-state index < -0.39 is 4.92 Å². The Labute approximate surface area is 118 Å². The molecule has 1 N–H and O–H groups in total. The Morgan fingerprint density at radius 2 is 2.25 bits per heavy atom. The molecular weight excluding hydrogens is 260 g/mol. The minimum atomic E-state index is -0.407. The lowest BCUT2D eigenvalue weighted by Gasteiger charge is -2.24. The summed E-state index contributed by atoms with van der Waals surface area (Å²) in [5, 5.41) is 14.3. The van der Waals surface area contributed by atoms with Gasteiger partial charge in [-0.1, -0.05) is 0 Å². The molecule has 1 saturated heterocycles. The normalized spacial score (nSPS) is 18.9. The van der Waals surface area contributed by atoms with Gasteiger partial charge in [-0.25, -0.2) is 0 Å². The Kier molecular flexibility index (Phi) is 4.79. The number of nitro groups is 1. The number of hydrogen-bond acceptors (Lipinski definition) is 5. The molecule has 0 radical (unpaired) electrons. The van der Waals surface area contributed by atoms with Crippen molar-refractivity contribution < 1.29 is 14.4 Å². The number of benzene rings is 1. The molecule has 6 heteroatoms. The third-order valence-corrected chi connectivity index (χ3v) is 3.00. The highest BCUT2D eigenvalue weighted by molar-refractivity contribution is 5.57. The van der Waals surface area contributed by atoms with Gasteiger partial charge in [0.1, 0.15) is 5.75 Å². The van der Waals surface area contributed by atoms with Crippen LogP contribution in [0.4, 0.5) is 11.4 Å². The van der Waals surface area contributed by atoms with Crippen LogP contribution < -0.4 is 10.1 Å². The summed E-state index contributed by atoms with van der Waals surface area (Å²) in [7, 11) is 0. The van der Waals surface area contributed by atoms with Crippen molar-refractivity contribution in [3.63, 3.8) is 0 Å². The molecular formula is C14H20N2O4. The zero-order valence-corrected chi connectivity index (χ0v) is 11.8. The van der Waals surface area contributed by atoms with E-state index in [1.165, 1.54) is 12.1 Å². The molecule has 1 unspecified atom stereocenters. The van der Waals surface area contributed by atoms with Crippen molar-refractivity contribution in [1.29, 1.82) is 0 Å². The smallest absolute Gasteiger partial charge is 0.275 e. The molecule has 1 aliphatic rings. The number of rotatable bonds is 5. The summed E-state index contributed by atoms with van der Waals surface area (Å²) in [6.07, 6.45) is 1.98. The molecule has 0 spiro atoms. The zero-order chi connectivity index (χ0) is 14.5. The minimum Gasteiger partial charge on any atom is -0.491 e. The number of non-ortho nitro benzene ring substituents is 1. The Morgan fingerprint density at radius 1 is 1.45 bits per heavy atom. The molecule has 0 saturated carbocycles. The van der Waals surface area contributed by atoms with Crippen molar-refractivity contribution in [1.82, 2.24) is 0 Å². The molecule has 0 aromatic heterocycles. The highest BCUT2D eigenvalue weighted by atomic mass is 16.6. The average molecular weight is 280 g/mol. The Hall–Kier alpha value is -1.82. The highest BCUT2D eigenvalue weighted by Crippen LogP contribution is 2.28. The second kappa shape index (κ2) is 6.56. The minimum absolute atomic E-state index is 0.0251. The highest BCUT2D eigenvalue weighted by Gasteiger charge is 2.16. The Morgan fingerprint density at radius 3 is 2.85 bits per heavy atom. The number of nitro benzene ring substituents is 1. The van der Waals surface area contributed by atoms with Gasteiger partial charge in [0.15, 0.2) is 0 Å². The average Bonchev–Trinajstić information content (AvgIpc) is 2.38. The third kappa shape index (κ3) is 4.09. The van der Waals surface area contributed by atoms with Gasteiger partial charge in [0.25, 0.3) is 5.69 Å². The molecule has 1 aromatic carbocycles. The van der Waals surface area contributed by atoms with Gasteiger partial charge >= 0.3 is 0 Å². The largest absolute Gasteiger partial charge is 0.491 e. The summed E-state index contributed by atoms with van der Waals surface area (Å²) in [5.74, 6) is 0.508. The van der Waals surface area contributed by atoms with Gasteiger partial charge in [0.05, 0.1) is 23.7 Å². The molecule has 2 rings (SSSR count). The number of hydrogen-bond donors (Lipinski definition) is 1. The molecule has 0 bridgehead atoms. The lowest BCUT2D eigenvalue weighted by atomic mass is 10.1. The maximum atomic E-state index is 11.0. The second-order valence-electron chi connectivity index (χ2n) is 5.20. The fourth-order valence-corrected chi connectivity index (χ4v) is 2.20. The van der Waals surface area contributed by atoms with Gasteiger partial charge in [-0.15, -0.1) is 0 Å². The van der Waals surface area contributed by atoms with Crippen LogP contribution in [0.5, 0.6) is 5.75 Å². The molecule has 1 atom stereocenters. The van der Waals surface area contributed by atoms with Crippen LogP contribution in [-0.2, 0) is 4.74 Å². The molecule has 1 aromatic rings. The predicted molar refractivity (Wildman–Crippen MR) is 76.3 cm³/mol. The SMILES string of the molecule is CC(C)Oc1cc(NC2CCCOC2)cc([N+](=O)[O-])c1. The molecule has 1 aliphatic heterocycles. The first-order valence-corrected chi connectivity index (χ1v) is 6.85. The number of ether oxygens (including phenoxy) is 2. The van der Waals surface area contributed by atoms with Gasteiger partial charge in [0, 0.05) is 30.5 Å². The first kappa shape index (κ1) is 14.6. The van der Waals surface area contributed by atoms with Gasteiger partial charge in [-0.05, 0) is 26.7 Å². The van der Waals surface area contributed by atoms with Crippen LogP contribution in [0, 0.1) is 10.1 Å². The lowest BCUT2D eigenvalue weighted by Crippen LogP contribution is -2.29. The molecule has 1 fully saturated rings.